The predicted molar refractivity (Wildman–Crippen MR) is 302 cm³/mol. The van der Waals surface area contributed by atoms with Crippen LogP contribution < -0.4 is 0 Å². The zero-order valence-electron chi connectivity index (χ0n) is 40.6. The average Bonchev–Trinajstić information content (AvgIpc) is 4.10. The Kier molecular flexibility index (Phi) is 9.67. The summed E-state index contributed by atoms with van der Waals surface area (Å²) in [5.41, 5.74) is 17.3. The molecule has 6 nitrogen and oxygen atoms in total. The van der Waals surface area contributed by atoms with Crippen molar-refractivity contribution in [3.8, 4) is 67.8 Å². The normalized spacial score (nSPS) is 12.0. The Morgan fingerprint density at radius 1 is 0.342 bits per heavy atom. The van der Waals surface area contributed by atoms with E-state index in [1.54, 1.807) is 0 Å². The summed E-state index contributed by atoms with van der Waals surface area (Å²) in [7, 11) is 0. The monoisotopic (exact) mass is 937 g/mol. The number of hydrogen-bond acceptors (Lipinski definition) is 4. The van der Waals surface area contributed by atoms with Crippen LogP contribution in [0.1, 0.15) is 26.3 Å². The number of nitrogens with zero attached hydrogens (tertiary/aromatic N) is 5. The summed E-state index contributed by atoms with van der Waals surface area (Å²) in [4.78, 5) is 15.3. The van der Waals surface area contributed by atoms with Crippen molar-refractivity contribution in [2.45, 2.75) is 26.2 Å². The number of aromatic nitrogens is 5. The Bertz CT molecular complexity index is 4410. The molecule has 0 unspecified atom stereocenters. The second kappa shape index (κ2) is 16.6. The van der Waals surface area contributed by atoms with E-state index in [2.05, 4.69) is 200 Å². The third-order valence-electron chi connectivity index (χ3n) is 14.5. The molecule has 4 aromatic heterocycles. The third-order valence-corrected chi connectivity index (χ3v) is 14.5. The van der Waals surface area contributed by atoms with Crippen LogP contribution >= 0.6 is 0 Å². The highest BCUT2D eigenvalue weighted by molar-refractivity contribution is 6.16. The lowest BCUT2D eigenvalue weighted by molar-refractivity contribution is 0.591. The molecule has 0 fully saturated rings. The van der Waals surface area contributed by atoms with E-state index in [0.717, 1.165) is 82.8 Å². The van der Waals surface area contributed by atoms with Gasteiger partial charge in [-0.15, -0.1) is 0 Å². The lowest BCUT2D eigenvalue weighted by atomic mass is 9.86. The van der Waals surface area contributed by atoms with Crippen LogP contribution in [0.15, 0.2) is 235 Å². The molecule has 0 N–H and O–H groups in total. The maximum atomic E-state index is 6.62. The lowest BCUT2D eigenvalue weighted by Gasteiger charge is -2.19. The van der Waals surface area contributed by atoms with Gasteiger partial charge in [0.1, 0.15) is 11.2 Å². The van der Waals surface area contributed by atoms with Gasteiger partial charge in [-0.25, -0.2) is 4.98 Å². The number of hydrogen-bond donors (Lipinski definition) is 0. The predicted octanol–water partition coefficient (Wildman–Crippen LogP) is 17.6. The molecule has 73 heavy (non-hydrogen) atoms. The highest BCUT2D eigenvalue weighted by Gasteiger charge is 2.22. The number of furan rings is 1. The van der Waals surface area contributed by atoms with Gasteiger partial charge >= 0.3 is 0 Å². The zero-order valence-corrected chi connectivity index (χ0v) is 40.6. The Morgan fingerprint density at radius 3 is 1.55 bits per heavy atom. The minimum Gasteiger partial charge on any atom is -0.456 e. The standard InChI is InChI=1S/C67H47N5O/c1-67(2,3)49-32-35-59-55(41-49)54-38-46(29-33-58(54)71(59)50-23-11-6-12-24-50)44-21-15-22-45(37-44)47-31-36-61-56(39-47)63-51(26-16-28-62(63)73-61)48-30-34-60-53(40-48)52-25-13-14-27-57(52)72(60)66-69-64(42-17-7-4-8-18-42)68-65(70-66)43-19-9-5-10-20-43/h4-41H,1-3H3. The quantitative estimate of drug-likeness (QED) is 0.160. The Labute approximate surface area is 422 Å². The van der Waals surface area contributed by atoms with Crippen LogP contribution in [-0.2, 0) is 5.41 Å². The first-order valence-electron chi connectivity index (χ1n) is 24.9. The van der Waals surface area contributed by atoms with Crippen LogP contribution in [0, 0.1) is 0 Å². The fraction of sp³-hybridized carbons (Fsp3) is 0.0597. The molecule has 0 radical (unpaired) electrons. The molecule has 0 aliphatic carbocycles. The van der Waals surface area contributed by atoms with E-state index in [4.69, 9.17) is 19.4 Å². The zero-order chi connectivity index (χ0) is 48.8. The molecule has 0 spiro atoms. The lowest BCUT2D eigenvalue weighted by Crippen LogP contribution is -2.10. The van der Waals surface area contributed by atoms with Gasteiger partial charge in [-0.3, -0.25) is 4.57 Å². The van der Waals surface area contributed by atoms with Crippen molar-refractivity contribution >= 4 is 65.6 Å². The molecule has 0 saturated carbocycles. The van der Waals surface area contributed by atoms with Crippen molar-refractivity contribution in [2.75, 3.05) is 0 Å². The van der Waals surface area contributed by atoms with Crippen molar-refractivity contribution in [1.29, 1.82) is 0 Å². The first-order chi connectivity index (χ1) is 35.8. The van der Waals surface area contributed by atoms with Crippen molar-refractivity contribution in [2.24, 2.45) is 0 Å². The average molecular weight is 938 g/mol. The summed E-state index contributed by atoms with van der Waals surface area (Å²) in [6.45, 7) is 6.86. The van der Waals surface area contributed by atoms with Gasteiger partial charge < -0.3 is 8.98 Å². The number of para-hydroxylation sites is 2. The molecule has 346 valence electrons. The maximum absolute atomic E-state index is 6.62. The van der Waals surface area contributed by atoms with Gasteiger partial charge in [-0.05, 0) is 123 Å². The van der Waals surface area contributed by atoms with E-state index in [0.29, 0.717) is 17.6 Å². The summed E-state index contributed by atoms with van der Waals surface area (Å²) in [5, 5.41) is 6.90. The van der Waals surface area contributed by atoms with E-state index in [9.17, 15) is 0 Å². The molecule has 0 saturated heterocycles. The Balaban J connectivity index is 0.877. The van der Waals surface area contributed by atoms with E-state index >= 15 is 0 Å². The summed E-state index contributed by atoms with van der Waals surface area (Å²) < 4.78 is 11.2. The highest BCUT2D eigenvalue weighted by Crippen LogP contribution is 2.43. The van der Waals surface area contributed by atoms with Crippen LogP contribution in [0.2, 0.25) is 0 Å². The van der Waals surface area contributed by atoms with Gasteiger partial charge in [-0.1, -0.05) is 172 Å². The van der Waals surface area contributed by atoms with Crippen LogP contribution in [-0.4, -0.2) is 24.1 Å². The van der Waals surface area contributed by atoms with Crippen LogP contribution in [0.25, 0.3) is 133 Å². The van der Waals surface area contributed by atoms with E-state index < -0.39 is 0 Å². The highest BCUT2D eigenvalue weighted by atomic mass is 16.3. The fourth-order valence-electron chi connectivity index (χ4n) is 10.9. The largest absolute Gasteiger partial charge is 0.456 e. The summed E-state index contributed by atoms with van der Waals surface area (Å²) >= 11 is 0. The molecule has 14 rings (SSSR count). The third kappa shape index (κ3) is 7.13. The van der Waals surface area contributed by atoms with Gasteiger partial charge in [0.15, 0.2) is 11.6 Å². The van der Waals surface area contributed by atoms with Gasteiger partial charge in [0.05, 0.1) is 22.1 Å². The van der Waals surface area contributed by atoms with E-state index in [-0.39, 0.29) is 5.41 Å². The topological polar surface area (TPSA) is 61.7 Å². The molecule has 0 aliphatic heterocycles. The molecule has 10 aromatic carbocycles. The Hall–Kier alpha value is -9.39. The number of benzene rings is 10. The molecule has 4 heterocycles. The first kappa shape index (κ1) is 42.5. The van der Waals surface area contributed by atoms with E-state index in [1.165, 1.54) is 38.5 Å². The second-order valence-corrected chi connectivity index (χ2v) is 20.1. The molecule has 0 bridgehead atoms. The van der Waals surface area contributed by atoms with Gasteiger partial charge in [-0.2, -0.15) is 9.97 Å². The Morgan fingerprint density at radius 2 is 0.849 bits per heavy atom. The minimum atomic E-state index is 0.0256. The first-order valence-corrected chi connectivity index (χ1v) is 24.9. The summed E-state index contributed by atoms with van der Waals surface area (Å²) in [6, 6.07) is 82.0. The maximum Gasteiger partial charge on any atom is 0.238 e. The van der Waals surface area contributed by atoms with Gasteiger partial charge in [0.25, 0.3) is 0 Å². The molecule has 0 atom stereocenters. The van der Waals surface area contributed by atoms with E-state index in [1.807, 2.05) is 60.7 Å². The fourth-order valence-corrected chi connectivity index (χ4v) is 10.9. The summed E-state index contributed by atoms with van der Waals surface area (Å²) in [6.07, 6.45) is 0. The van der Waals surface area contributed by atoms with Crippen molar-refractivity contribution in [3.63, 3.8) is 0 Å². The van der Waals surface area contributed by atoms with Crippen LogP contribution in [0.3, 0.4) is 0 Å². The number of rotatable bonds is 7. The smallest absolute Gasteiger partial charge is 0.238 e. The van der Waals surface area contributed by atoms with Crippen molar-refractivity contribution < 1.29 is 4.42 Å². The van der Waals surface area contributed by atoms with Crippen molar-refractivity contribution in [1.82, 2.24) is 24.1 Å². The van der Waals surface area contributed by atoms with Crippen molar-refractivity contribution in [3.05, 3.63) is 236 Å². The molecular weight excluding hydrogens is 891 g/mol. The molecule has 14 aromatic rings. The number of fused-ring (bicyclic) bond motifs is 9. The minimum absolute atomic E-state index is 0.0256. The molecule has 0 aliphatic rings. The molecule has 6 heteroatoms. The van der Waals surface area contributed by atoms with Crippen LogP contribution in [0.4, 0.5) is 0 Å². The second-order valence-electron chi connectivity index (χ2n) is 20.1. The SMILES string of the molecule is CC(C)(C)c1ccc2c(c1)c1cc(-c3cccc(-c4ccc5oc6cccc(-c7ccc8c(c7)c7ccccc7n8-c7nc(-c8ccccc8)nc(-c8ccccc8)n7)c6c5c4)c3)ccc1n2-c1ccccc1. The summed E-state index contributed by atoms with van der Waals surface area (Å²) in [5.74, 6) is 1.81. The molecular formula is C67H47N5O. The van der Waals surface area contributed by atoms with Crippen LogP contribution in [0.5, 0.6) is 0 Å². The van der Waals surface area contributed by atoms with Gasteiger partial charge in [0.2, 0.25) is 5.95 Å². The van der Waals surface area contributed by atoms with Gasteiger partial charge in [0, 0.05) is 49.1 Å². The molecule has 0 amide bonds.